The third-order valence-corrected chi connectivity index (χ3v) is 9.28. The lowest BCUT2D eigenvalue weighted by Gasteiger charge is -2.15. The third kappa shape index (κ3) is 44.5. The maximum Gasteiger partial charge on any atom is 0.469 e. The van der Waals surface area contributed by atoms with Crippen LogP contribution in [0.3, 0.4) is 0 Å². The number of phosphoric acid groups is 1. The van der Waals surface area contributed by atoms with Gasteiger partial charge in [-0.2, -0.15) is 0 Å². The van der Waals surface area contributed by atoms with Crippen LogP contribution in [-0.2, 0) is 32.9 Å². The Labute approximate surface area is 321 Å². The molecule has 0 aliphatic heterocycles. The zero-order valence-electron chi connectivity index (χ0n) is 33.4. The van der Waals surface area contributed by atoms with Gasteiger partial charge in [-0.1, -0.05) is 154 Å². The van der Waals surface area contributed by atoms with Gasteiger partial charge in [0.05, 0.1) is 13.2 Å². The second-order valence-electron chi connectivity index (χ2n) is 14.0. The molecule has 0 rings (SSSR count). The zero-order valence-corrected chi connectivity index (χ0v) is 34.3. The number of rotatable bonds is 37. The van der Waals surface area contributed by atoms with Gasteiger partial charge in [0.2, 0.25) is 0 Å². The van der Waals surface area contributed by atoms with Gasteiger partial charge >= 0.3 is 25.7 Å². The number of aliphatic hydroxyl groups is 1. The van der Waals surface area contributed by atoms with E-state index in [0.29, 0.717) is 12.8 Å². The first-order chi connectivity index (χ1) is 25.5. The van der Waals surface area contributed by atoms with E-state index < -0.39 is 32.5 Å². The average Bonchev–Trinajstić information content (AvgIpc) is 3.12. The molecule has 0 heterocycles. The molecule has 53 heavy (non-hydrogen) atoms. The fourth-order valence-electron chi connectivity index (χ4n) is 5.50. The van der Waals surface area contributed by atoms with Crippen molar-refractivity contribution in [2.24, 2.45) is 5.73 Å². The molecule has 12 nitrogen and oxygen atoms in total. The molecule has 0 aromatic rings. The molecule has 0 aromatic heterocycles. The largest absolute Gasteiger partial charge is 0.480 e. The molecule has 0 radical (unpaired) electrons. The quantitative estimate of drug-likeness (QED) is 0.0173. The number of carbonyl (C=O) groups excluding carboxylic acids is 2. The van der Waals surface area contributed by atoms with Crippen molar-refractivity contribution in [1.82, 2.24) is 0 Å². The van der Waals surface area contributed by atoms with Gasteiger partial charge in [-0.05, 0) is 38.5 Å². The molecule has 0 fully saturated rings. The minimum Gasteiger partial charge on any atom is -0.480 e. The van der Waals surface area contributed by atoms with Crippen LogP contribution in [0, 0.1) is 0 Å². The Bertz CT molecular complexity index is 928. The molecular weight excluding hydrogens is 701 g/mol. The first-order valence-electron chi connectivity index (χ1n) is 20.8. The van der Waals surface area contributed by atoms with Gasteiger partial charge < -0.3 is 35.2 Å². The smallest absolute Gasteiger partial charge is 0.469 e. The number of allylic oxidation sites excluding steroid dienone is 2. The Morgan fingerprint density at radius 1 is 0.604 bits per heavy atom. The number of aliphatic hydroxyl groups excluding tert-OH is 1. The van der Waals surface area contributed by atoms with E-state index in [0.717, 1.165) is 44.9 Å². The number of ether oxygens (including phenoxy) is 2. The molecule has 0 aliphatic carbocycles. The van der Waals surface area contributed by atoms with Crippen LogP contribution >= 0.6 is 7.82 Å². The van der Waals surface area contributed by atoms with Gasteiger partial charge in [0.1, 0.15) is 12.6 Å². The molecule has 6 N–H and O–H groups in total. The second-order valence-corrected chi connectivity index (χ2v) is 15.3. The minimum atomic E-state index is -4.60. The highest BCUT2D eigenvalue weighted by Gasteiger charge is 2.19. The monoisotopic (exact) mass is 780 g/mol. The standard InChI is InChI=1S/C37H70O5.C3H8NO6P/c1-3-5-7-9-11-13-15-17-18-20-22-24-26-28-30-32-37(40)42-35(33-38)34-41-36(39)31-29-27-25-23-21-19-16-14-12-10-8-6-4-2;4-2(3(5)6)1-10-11(7,8)9/h17-18,35,38H,3-16,19-34H2,1-2H3;2H,1,4H2,(H,5,6)(H2,7,8,9)/b18-17-;/t35-;2-/m00/s1. The van der Waals surface area contributed by atoms with Gasteiger partial charge in [-0.25, -0.2) is 4.57 Å². The molecule has 0 spiro atoms. The summed E-state index contributed by atoms with van der Waals surface area (Å²) in [6, 6.07) is -1.41. The Hall–Kier alpha value is -1.82. The molecule has 0 bridgehead atoms. The van der Waals surface area contributed by atoms with E-state index in [9.17, 15) is 24.1 Å². The Balaban J connectivity index is 0. The lowest BCUT2D eigenvalue weighted by Crippen LogP contribution is -2.34. The lowest BCUT2D eigenvalue weighted by atomic mass is 10.0. The van der Waals surface area contributed by atoms with Crippen molar-refractivity contribution < 1.29 is 52.9 Å². The first kappa shape index (κ1) is 53.3. The average molecular weight is 780 g/mol. The van der Waals surface area contributed by atoms with Crippen molar-refractivity contribution in [2.45, 2.75) is 206 Å². The number of phosphoric ester groups is 1. The highest BCUT2D eigenvalue weighted by Crippen LogP contribution is 2.35. The van der Waals surface area contributed by atoms with Gasteiger partial charge in [0, 0.05) is 12.8 Å². The number of aliphatic carboxylic acids is 1. The van der Waals surface area contributed by atoms with Crippen LogP contribution in [0.4, 0.5) is 0 Å². The van der Waals surface area contributed by atoms with E-state index in [1.807, 2.05) is 0 Å². The molecule has 0 aromatic carbocycles. The number of esters is 2. The predicted octanol–water partition coefficient (Wildman–Crippen LogP) is 9.46. The Kier molecular flexibility index (Phi) is 40.1. The van der Waals surface area contributed by atoms with Crippen molar-refractivity contribution in [3.05, 3.63) is 12.2 Å². The molecule has 2 atom stereocenters. The number of nitrogens with two attached hydrogens (primary N) is 1. The van der Waals surface area contributed by atoms with Crippen molar-refractivity contribution in [2.75, 3.05) is 19.8 Å². The summed E-state index contributed by atoms with van der Waals surface area (Å²) in [7, 11) is -4.60. The lowest BCUT2D eigenvalue weighted by molar-refractivity contribution is -0.161. The molecule has 0 unspecified atom stereocenters. The van der Waals surface area contributed by atoms with Crippen LogP contribution in [-0.4, -0.2) is 69.9 Å². The van der Waals surface area contributed by atoms with Gasteiger partial charge in [-0.15, -0.1) is 0 Å². The SMILES string of the molecule is CCCCCCCC/C=C\CCCCCCCC(=O)O[C@@H](CO)COC(=O)CCCCCCCCCCCCCCC.N[C@@H](COP(=O)(O)O)C(=O)O. The summed E-state index contributed by atoms with van der Waals surface area (Å²) in [6.07, 6.45) is 36.9. The van der Waals surface area contributed by atoms with Crippen LogP contribution in [0.5, 0.6) is 0 Å². The number of carboxylic acid groups (broad SMARTS) is 1. The normalized spacial score (nSPS) is 12.6. The van der Waals surface area contributed by atoms with Gasteiger partial charge in [0.15, 0.2) is 6.10 Å². The second kappa shape index (κ2) is 39.9. The Morgan fingerprint density at radius 3 is 1.36 bits per heavy atom. The third-order valence-electron chi connectivity index (χ3n) is 8.80. The molecule has 314 valence electrons. The predicted molar refractivity (Wildman–Crippen MR) is 211 cm³/mol. The van der Waals surface area contributed by atoms with E-state index in [2.05, 4.69) is 30.5 Å². The van der Waals surface area contributed by atoms with Gasteiger partial charge in [-0.3, -0.25) is 18.9 Å². The summed E-state index contributed by atoms with van der Waals surface area (Å²) < 4.78 is 24.4. The van der Waals surface area contributed by atoms with Crippen molar-refractivity contribution in [3.8, 4) is 0 Å². The highest BCUT2D eigenvalue weighted by atomic mass is 31.2. The maximum atomic E-state index is 12.1. The first-order valence-corrected chi connectivity index (χ1v) is 22.3. The molecule has 0 saturated carbocycles. The fraction of sp³-hybridized carbons (Fsp3) is 0.875. The highest BCUT2D eigenvalue weighted by molar-refractivity contribution is 7.46. The van der Waals surface area contributed by atoms with E-state index in [1.165, 1.54) is 122 Å². The van der Waals surface area contributed by atoms with Crippen LogP contribution in [0.2, 0.25) is 0 Å². The van der Waals surface area contributed by atoms with Crippen LogP contribution in [0.25, 0.3) is 0 Å². The van der Waals surface area contributed by atoms with E-state index in [1.54, 1.807) is 0 Å². The van der Waals surface area contributed by atoms with Crippen LogP contribution < -0.4 is 5.73 Å². The maximum absolute atomic E-state index is 12.1. The van der Waals surface area contributed by atoms with Gasteiger partial charge in [0.25, 0.3) is 0 Å². The summed E-state index contributed by atoms with van der Waals surface area (Å²) in [5.74, 6) is -1.97. The van der Waals surface area contributed by atoms with Crippen molar-refractivity contribution in [1.29, 1.82) is 0 Å². The summed E-state index contributed by atoms with van der Waals surface area (Å²) in [5.41, 5.74) is 4.86. The molecular formula is C40H78NO11P. The van der Waals surface area contributed by atoms with E-state index >= 15 is 0 Å². The number of unbranched alkanes of at least 4 members (excludes halogenated alkanes) is 23. The number of hydrogen-bond donors (Lipinski definition) is 5. The number of carboxylic acids is 1. The minimum absolute atomic E-state index is 0.0636. The molecule has 0 aliphatic rings. The molecule has 0 amide bonds. The van der Waals surface area contributed by atoms with E-state index in [4.69, 9.17) is 30.1 Å². The van der Waals surface area contributed by atoms with Crippen LogP contribution in [0.15, 0.2) is 12.2 Å². The van der Waals surface area contributed by atoms with Crippen molar-refractivity contribution >= 4 is 25.7 Å². The summed E-state index contributed by atoms with van der Waals surface area (Å²) >= 11 is 0. The number of carbonyl (C=O) groups is 3. The topological polar surface area (TPSA) is 203 Å². The summed E-state index contributed by atoms with van der Waals surface area (Å²) in [6.45, 7) is 3.42. The Morgan fingerprint density at radius 2 is 0.981 bits per heavy atom. The molecule has 13 heteroatoms. The fourth-order valence-corrected chi connectivity index (χ4v) is 5.86. The summed E-state index contributed by atoms with van der Waals surface area (Å²) in [5, 5.41) is 17.6. The summed E-state index contributed by atoms with van der Waals surface area (Å²) in [4.78, 5) is 50.3. The molecule has 0 saturated heterocycles. The zero-order chi connectivity index (χ0) is 39.8. The number of hydrogen-bond acceptors (Lipinski definition) is 9. The van der Waals surface area contributed by atoms with Crippen LogP contribution in [0.1, 0.15) is 194 Å². The van der Waals surface area contributed by atoms with E-state index in [-0.39, 0.29) is 25.2 Å². The van der Waals surface area contributed by atoms with Crippen molar-refractivity contribution in [3.63, 3.8) is 0 Å².